The van der Waals surface area contributed by atoms with Gasteiger partial charge in [-0.05, 0) is 23.3 Å². The number of para-hydroxylation sites is 1. The van der Waals surface area contributed by atoms with E-state index in [0.717, 1.165) is 28.9 Å². The number of hydrogen-bond donors (Lipinski definition) is 0. The summed E-state index contributed by atoms with van der Waals surface area (Å²) in [5.74, 6) is -0.612. The van der Waals surface area contributed by atoms with Gasteiger partial charge in [-0.3, -0.25) is 14.6 Å². The van der Waals surface area contributed by atoms with Crippen LogP contribution in [0.4, 0.5) is 5.13 Å². The number of nitrogens with zero attached hydrogens (tertiary/aromatic N) is 3. The van der Waals surface area contributed by atoms with E-state index in [1.807, 2.05) is 66.7 Å². The van der Waals surface area contributed by atoms with Crippen LogP contribution in [-0.4, -0.2) is 69.9 Å². The average Bonchev–Trinajstić information content (AvgIpc) is 3.34. The number of halogens is 1. The minimum atomic E-state index is -3.48. The molecule has 200 valence electrons. The number of carbonyl (C=O) groups is 1. The first-order chi connectivity index (χ1) is 17.9. The molecule has 2 heterocycles. The van der Waals surface area contributed by atoms with Crippen LogP contribution < -0.4 is 4.90 Å². The van der Waals surface area contributed by atoms with E-state index in [0.29, 0.717) is 37.0 Å². The van der Waals surface area contributed by atoms with Gasteiger partial charge in [-0.25, -0.2) is 13.4 Å². The summed E-state index contributed by atoms with van der Waals surface area (Å²) in [5.41, 5.74) is 2.20. The highest BCUT2D eigenvalue weighted by Gasteiger charge is 2.31. The molecule has 7 nitrogen and oxygen atoms in total. The van der Waals surface area contributed by atoms with Crippen LogP contribution in [-0.2, 0) is 19.4 Å². The van der Waals surface area contributed by atoms with Crippen LogP contribution in [0.5, 0.6) is 0 Å². The van der Waals surface area contributed by atoms with E-state index in [4.69, 9.17) is 9.72 Å². The van der Waals surface area contributed by atoms with E-state index in [2.05, 4.69) is 4.90 Å². The summed E-state index contributed by atoms with van der Waals surface area (Å²) in [5, 5.41) is 0.501. The minimum absolute atomic E-state index is 0. The fourth-order valence-electron chi connectivity index (χ4n) is 4.62. The molecule has 1 aliphatic heterocycles. The zero-order valence-electron chi connectivity index (χ0n) is 21.0. The Morgan fingerprint density at radius 3 is 2.16 bits per heavy atom. The molecule has 0 radical (unpaired) electrons. The van der Waals surface area contributed by atoms with Crippen LogP contribution in [0.15, 0.2) is 83.8 Å². The van der Waals surface area contributed by atoms with Crippen LogP contribution in [0.1, 0.15) is 17.0 Å². The molecule has 0 atom stereocenters. The Hall–Kier alpha value is -2.82. The second-order valence-corrected chi connectivity index (χ2v) is 12.1. The van der Waals surface area contributed by atoms with Crippen LogP contribution in [0, 0.1) is 0 Å². The highest BCUT2D eigenvalue weighted by molar-refractivity contribution is 7.91. The molecule has 0 N–H and O–H groups in total. The summed E-state index contributed by atoms with van der Waals surface area (Å²) in [4.78, 5) is 23.3. The zero-order valence-corrected chi connectivity index (χ0v) is 23.5. The zero-order chi connectivity index (χ0) is 25.8. The van der Waals surface area contributed by atoms with E-state index >= 15 is 0 Å². The largest absolute Gasteiger partial charge is 0.379 e. The van der Waals surface area contributed by atoms with Crippen LogP contribution in [0.2, 0.25) is 0 Å². The Kier molecular flexibility index (Phi) is 9.17. The third-order valence-electron chi connectivity index (χ3n) is 6.52. The molecule has 10 heteroatoms. The number of rotatable bonds is 8. The Morgan fingerprint density at radius 1 is 0.974 bits per heavy atom. The topological polar surface area (TPSA) is 79.8 Å². The van der Waals surface area contributed by atoms with E-state index in [9.17, 15) is 13.2 Å². The van der Waals surface area contributed by atoms with Gasteiger partial charge in [0.15, 0.2) is 15.0 Å². The van der Waals surface area contributed by atoms with Crippen molar-refractivity contribution >= 4 is 54.8 Å². The fourth-order valence-corrected chi connectivity index (χ4v) is 6.54. The van der Waals surface area contributed by atoms with Crippen LogP contribution in [0.25, 0.3) is 10.2 Å². The number of sulfone groups is 1. The summed E-state index contributed by atoms with van der Waals surface area (Å²) in [6.45, 7) is 4.05. The lowest BCUT2D eigenvalue weighted by Crippen LogP contribution is -2.44. The molecule has 4 aromatic rings. The summed E-state index contributed by atoms with van der Waals surface area (Å²) < 4.78 is 31.1. The second-order valence-electron chi connectivity index (χ2n) is 9.07. The Bertz CT molecular complexity index is 1430. The van der Waals surface area contributed by atoms with Crippen LogP contribution in [0.3, 0.4) is 0 Å². The quantitative estimate of drug-likeness (QED) is 0.307. The first kappa shape index (κ1) is 28.2. The normalized spacial score (nSPS) is 14.4. The van der Waals surface area contributed by atoms with Crippen molar-refractivity contribution in [2.45, 2.75) is 10.8 Å². The van der Waals surface area contributed by atoms with Gasteiger partial charge in [0.1, 0.15) is 5.52 Å². The number of aromatic nitrogens is 1. The van der Waals surface area contributed by atoms with Crippen molar-refractivity contribution in [1.29, 1.82) is 0 Å². The first-order valence-electron chi connectivity index (χ1n) is 12.2. The highest BCUT2D eigenvalue weighted by atomic mass is 35.5. The molecular weight excluding hydrogens is 542 g/mol. The maximum Gasteiger partial charge on any atom is 0.240 e. The maximum atomic E-state index is 14.4. The van der Waals surface area contributed by atoms with Gasteiger partial charge in [0.05, 0.1) is 28.7 Å². The molecule has 0 spiro atoms. The summed E-state index contributed by atoms with van der Waals surface area (Å²) in [6, 6.07) is 24.6. The van der Waals surface area contributed by atoms with E-state index in [1.54, 1.807) is 17.0 Å². The minimum Gasteiger partial charge on any atom is -0.379 e. The lowest BCUT2D eigenvalue weighted by molar-refractivity contribution is -0.119. The van der Waals surface area contributed by atoms with Gasteiger partial charge in [0.25, 0.3) is 0 Å². The number of benzene rings is 3. The monoisotopic (exact) mass is 571 g/mol. The molecule has 1 aromatic heterocycles. The summed E-state index contributed by atoms with van der Waals surface area (Å²) in [6.07, 6.45) is 1.18. The van der Waals surface area contributed by atoms with Gasteiger partial charge in [-0.15, -0.1) is 12.4 Å². The van der Waals surface area contributed by atoms with Gasteiger partial charge in [-0.2, -0.15) is 0 Å². The van der Waals surface area contributed by atoms with Crippen LogP contribution >= 0.6 is 23.7 Å². The van der Waals surface area contributed by atoms with Gasteiger partial charge < -0.3 is 4.74 Å². The van der Waals surface area contributed by atoms with Gasteiger partial charge >= 0.3 is 0 Å². The number of amides is 1. The molecule has 1 amide bonds. The van der Waals surface area contributed by atoms with Gasteiger partial charge in [0, 0.05) is 32.4 Å². The van der Waals surface area contributed by atoms with Gasteiger partial charge in [-0.1, -0.05) is 78.1 Å². The van der Waals surface area contributed by atoms with E-state index < -0.39 is 15.8 Å². The smallest absolute Gasteiger partial charge is 0.240 e. The SMILES string of the molecule is CS(=O)(=O)c1cccc2sc(N(CCN3CCOCC3)C(=O)C(c3ccccc3)c3ccccc3)nc12.Cl. The molecule has 0 bridgehead atoms. The van der Waals surface area contributed by atoms with Crippen molar-refractivity contribution in [2.75, 3.05) is 50.5 Å². The maximum absolute atomic E-state index is 14.4. The third kappa shape index (κ3) is 6.24. The number of thiazole rings is 1. The van der Waals surface area contributed by atoms with Crippen molar-refractivity contribution in [1.82, 2.24) is 9.88 Å². The molecule has 0 unspecified atom stereocenters. The molecule has 5 rings (SSSR count). The number of carbonyl (C=O) groups excluding carboxylic acids is 1. The van der Waals surface area contributed by atoms with Crippen molar-refractivity contribution in [3.05, 3.63) is 90.0 Å². The molecule has 1 aliphatic rings. The molecule has 38 heavy (non-hydrogen) atoms. The lowest BCUT2D eigenvalue weighted by atomic mass is 9.90. The molecule has 0 saturated carbocycles. The Morgan fingerprint density at radius 2 is 1.58 bits per heavy atom. The number of fused-ring (bicyclic) bond motifs is 1. The second kappa shape index (κ2) is 12.4. The number of morpholine rings is 1. The number of anilines is 1. The van der Waals surface area contributed by atoms with Crippen molar-refractivity contribution < 1.29 is 17.9 Å². The first-order valence-corrected chi connectivity index (χ1v) is 14.9. The number of hydrogen-bond acceptors (Lipinski definition) is 7. The molecule has 0 aliphatic carbocycles. The Labute approximate surface area is 233 Å². The van der Waals surface area contributed by atoms with Crippen molar-refractivity contribution in [2.24, 2.45) is 0 Å². The van der Waals surface area contributed by atoms with Crippen molar-refractivity contribution in [3.8, 4) is 0 Å². The van der Waals surface area contributed by atoms with E-state index in [1.165, 1.54) is 17.6 Å². The highest BCUT2D eigenvalue weighted by Crippen LogP contribution is 2.35. The molecule has 1 saturated heterocycles. The van der Waals surface area contributed by atoms with E-state index in [-0.39, 0.29) is 23.2 Å². The molecular formula is C28H30ClN3O4S2. The lowest BCUT2D eigenvalue weighted by Gasteiger charge is -2.31. The predicted octanol–water partition coefficient (Wildman–Crippen LogP) is 4.62. The average molecular weight is 572 g/mol. The van der Waals surface area contributed by atoms with Gasteiger partial charge in [0.2, 0.25) is 5.91 Å². The standard InChI is InChI=1S/C28H29N3O4S2.ClH/c1-37(33,34)24-14-8-13-23-26(24)29-28(36-23)31(16-15-30-17-19-35-20-18-30)27(32)25(21-9-4-2-5-10-21)22-11-6-3-7-12-22;/h2-14,25H,15-20H2,1H3;1H. The third-order valence-corrected chi connectivity index (χ3v) is 8.70. The molecule has 3 aromatic carbocycles. The predicted molar refractivity (Wildman–Crippen MR) is 154 cm³/mol. The summed E-state index contributed by atoms with van der Waals surface area (Å²) in [7, 11) is -3.48. The molecule has 1 fully saturated rings. The Balaban J connectivity index is 0.00000336. The van der Waals surface area contributed by atoms with Crippen molar-refractivity contribution in [3.63, 3.8) is 0 Å². The fraction of sp³-hybridized carbons (Fsp3) is 0.286. The number of ether oxygens (including phenoxy) is 1. The summed E-state index contributed by atoms with van der Waals surface area (Å²) >= 11 is 1.34.